The molecule has 11 heteroatoms. The van der Waals surface area contributed by atoms with Crippen molar-refractivity contribution in [1.82, 2.24) is 14.9 Å². The topological polar surface area (TPSA) is 97.4 Å². The third-order valence-electron chi connectivity index (χ3n) is 7.96. The zero-order chi connectivity index (χ0) is 32.0. The van der Waals surface area contributed by atoms with Crippen molar-refractivity contribution in [2.24, 2.45) is 0 Å². The number of rotatable bonds is 7. The van der Waals surface area contributed by atoms with Gasteiger partial charge in [0.2, 0.25) is 0 Å². The van der Waals surface area contributed by atoms with Gasteiger partial charge in [0.25, 0.3) is 11.5 Å². The second kappa shape index (κ2) is 11.7. The molecule has 2 heterocycles. The van der Waals surface area contributed by atoms with Gasteiger partial charge in [-0.15, -0.1) is 0 Å². The molecule has 0 bridgehead atoms. The normalized spacial score (nSPS) is 12.8. The summed E-state index contributed by atoms with van der Waals surface area (Å²) in [5.74, 6) is -0.940. The van der Waals surface area contributed by atoms with E-state index in [9.17, 15) is 22.6 Å². The minimum absolute atomic E-state index is 0.255. The van der Waals surface area contributed by atoms with E-state index in [1.165, 1.54) is 60.6 Å². The van der Waals surface area contributed by atoms with Gasteiger partial charge < -0.3 is 9.73 Å². The fourth-order valence-corrected chi connectivity index (χ4v) is 5.83. The molecular formula is C34H28F2N4O4S. The van der Waals surface area contributed by atoms with Gasteiger partial charge in [0.15, 0.2) is 0 Å². The summed E-state index contributed by atoms with van der Waals surface area (Å²) in [5, 5.41) is 3.49. The molecule has 8 nitrogen and oxygen atoms in total. The summed E-state index contributed by atoms with van der Waals surface area (Å²) in [4.78, 5) is 31.5. The number of nitrogens with one attached hydrogen (secondary N) is 1. The molecule has 1 N–H and O–H groups in total. The van der Waals surface area contributed by atoms with Gasteiger partial charge in [-0.05, 0) is 72.6 Å². The minimum atomic E-state index is -1.43. The first-order valence-corrected chi connectivity index (χ1v) is 15.5. The first-order valence-electron chi connectivity index (χ1n) is 14.0. The van der Waals surface area contributed by atoms with E-state index < -0.39 is 28.8 Å². The molecule has 6 rings (SSSR count). The van der Waals surface area contributed by atoms with Crippen LogP contribution >= 0.6 is 0 Å². The smallest absolute Gasteiger partial charge is 0.261 e. The lowest BCUT2D eigenvalue weighted by Gasteiger charge is -2.20. The van der Waals surface area contributed by atoms with Crippen LogP contribution in [0.5, 0.6) is 0 Å². The summed E-state index contributed by atoms with van der Waals surface area (Å²) in [6.45, 7) is 1.83. The van der Waals surface area contributed by atoms with E-state index >= 15 is 0 Å². The number of nitrogens with zero attached hydrogens (tertiary/aromatic N) is 3. The molecule has 4 aromatic carbocycles. The van der Waals surface area contributed by atoms with Crippen molar-refractivity contribution < 1.29 is 22.2 Å². The Labute approximate surface area is 259 Å². The lowest BCUT2D eigenvalue weighted by atomic mass is 9.97. The molecular weight excluding hydrogens is 598 g/mol. The van der Waals surface area contributed by atoms with Crippen LogP contribution in [0.25, 0.3) is 44.3 Å². The number of furan rings is 1. The van der Waals surface area contributed by atoms with E-state index in [0.29, 0.717) is 44.2 Å². The Morgan fingerprint density at radius 2 is 1.60 bits per heavy atom. The summed E-state index contributed by atoms with van der Waals surface area (Å²) in [5.41, 5.74) is 3.82. The largest absolute Gasteiger partial charge is 0.455 e. The Morgan fingerprint density at radius 1 is 0.956 bits per heavy atom. The summed E-state index contributed by atoms with van der Waals surface area (Å²) < 4.78 is 49.2. The average molecular weight is 627 g/mol. The molecule has 1 amide bonds. The lowest BCUT2D eigenvalue weighted by Crippen LogP contribution is -2.24. The molecule has 0 aliphatic carbocycles. The summed E-state index contributed by atoms with van der Waals surface area (Å²) in [6.07, 6.45) is 3.01. The quantitative estimate of drug-likeness (QED) is 0.220. The third-order valence-corrected chi connectivity index (χ3v) is 8.92. The molecule has 0 spiro atoms. The Hall–Kier alpha value is -5.16. The standard InChI is InChI=1S/C34H28F2N4O4S/c1-19(20-5-10-23(35)11-6-20)40-18-38-28-14-9-22(15-26(28)34(40)42)25-16-27-30(17-29(25)39(3)45(4)43)44-32(31(27)33(41)37-2)21-7-12-24(36)13-8-21/h5-19H,1-4H3,(H,37,41)/t19-,45?/m1/s1. The van der Waals surface area contributed by atoms with Gasteiger partial charge >= 0.3 is 0 Å². The van der Waals surface area contributed by atoms with E-state index in [-0.39, 0.29) is 22.7 Å². The van der Waals surface area contributed by atoms with Crippen molar-refractivity contribution in [3.63, 3.8) is 0 Å². The van der Waals surface area contributed by atoms with E-state index in [0.717, 1.165) is 5.56 Å². The van der Waals surface area contributed by atoms with E-state index in [1.54, 1.807) is 53.8 Å². The fraction of sp³-hybridized carbons (Fsp3) is 0.147. The van der Waals surface area contributed by atoms with E-state index in [1.807, 2.05) is 6.92 Å². The van der Waals surface area contributed by atoms with Crippen LogP contribution < -0.4 is 15.2 Å². The Balaban J connectivity index is 1.58. The molecule has 1 unspecified atom stereocenters. The Morgan fingerprint density at radius 3 is 2.24 bits per heavy atom. The predicted molar refractivity (Wildman–Crippen MR) is 173 cm³/mol. The van der Waals surface area contributed by atoms with E-state index in [4.69, 9.17) is 4.42 Å². The number of amides is 1. The summed E-state index contributed by atoms with van der Waals surface area (Å²) in [7, 11) is 1.74. The number of benzene rings is 4. The highest BCUT2D eigenvalue weighted by atomic mass is 32.2. The van der Waals surface area contributed by atoms with Crippen molar-refractivity contribution in [2.75, 3.05) is 24.7 Å². The number of halogens is 2. The third kappa shape index (κ3) is 5.40. The predicted octanol–water partition coefficient (Wildman–Crippen LogP) is 6.45. The maximum absolute atomic E-state index is 13.8. The number of carbonyl (C=O) groups excluding carboxylic acids is 1. The zero-order valence-electron chi connectivity index (χ0n) is 24.8. The van der Waals surface area contributed by atoms with Crippen molar-refractivity contribution in [2.45, 2.75) is 13.0 Å². The van der Waals surface area contributed by atoms with Crippen LogP contribution in [-0.4, -0.2) is 40.0 Å². The number of carbonyl (C=O) groups is 1. The molecule has 2 aromatic heterocycles. The van der Waals surface area contributed by atoms with Crippen LogP contribution in [0.15, 0.2) is 94.4 Å². The fourth-order valence-electron chi connectivity index (χ4n) is 5.40. The summed E-state index contributed by atoms with van der Waals surface area (Å²) >= 11 is 0. The molecule has 228 valence electrons. The minimum Gasteiger partial charge on any atom is -0.455 e. The molecule has 0 radical (unpaired) electrons. The Kier molecular flexibility index (Phi) is 7.80. The first kappa shape index (κ1) is 29.9. The van der Waals surface area contributed by atoms with Crippen LogP contribution in [0.3, 0.4) is 0 Å². The van der Waals surface area contributed by atoms with Crippen LogP contribution in [0.1, 0.15) is 28.9 Å². The number of hydrogen-bond acceptors (Lipinski definition) is 5. The van der Waals surface area contributed by atoms with Crippen LogP contribution in [0.4, 0.5) is 14.5 Å². The zero-order valence-corrected chi connectivity index (χ0v) is 25.6. The number of aromatic nitrogens is 2. The van der Waals surface area contributed by atoms with Gasteiger partial charge in [-0.2, -0.15) is 0 Å². The number of fused-ring (bicyclic) bond motifs is 2. The SMILES string of the molecule is CNC(=O)c1c(-c2ccc(F)cc2)oc2cc(N(C)S(C)=O)c(-c3ccc4ncn([C@H](C)c5ccc(F)cc5)c(=O)c4c3)cc12. The highest BCUT2D eigenvalue weighted by Gasteiger charge is 2.25. The molecule has 0 saturated heterocycles. The van der Waals surface area contributed by atoms with Gasteiger partial charge in [-0.1, -0.05) is 18.2 Å². The van der Waals surface area contributed by atoms with Gasteiger partial charge in [0, 0.05) is 42.9 Å². The van der Waals surface area contributed by atoms with Gasteiger partial charge in [-0.3, -0.25) is 18.5 Å². The monoisotopic (exact) mass is 626 g/mol. The van der Waals surface area contributed by atoms with Crippen molar-refractivity contribution in [3.8, 4) is 22.5 Å². The maximum atomic E-state index is 13.8. The molecule has 0 fully saturated rings. The van der Waals surface area contributed by atoms with Gasteiger partial charge in [0.05, 0.1) is 34.5 Å². The molecule has 0 saturated carbocycles. The van der Waals surface area contributed by atoms with Gasteiger partial charge in [0.1, 0.15) is 34.0 Å². The second-order valence-corrected chi connectivity index (χ2v) is 12.0. The number of hydrogen-bond donors (Lipinski definition) is 1. The molecule has 0 aliphatic rings. The van der Waals surface area contributed by atoms with Crippen molar-refractivity contribution in [3.05, 3.63) is 118 Å². The molecule has 45 heavy (non-hydrogen) atoms. The second-order valence-electron chi connectivity index (χ2n) is 10.6. The number of anilines is 1. The van der Waals surface area contributed by atoms with Crippen molar-refractivity contribution >= 4 is 44.5 Å². The van der Waals surface area contributed by atoms with Crippen LogP contribution in [0.2, 0.25) is 0 Å². The molecule has 2 atom stereocenters. The summed E-state index contributed by atoms with van der Waals surface area (Å²) in [6, 6.07) is 19.9. The van der Waals surface area contributed by atoms with Gasteiger partial charge in [-0.25, -0.2) is 18.0 Å². The highest BCUT2D eigenvalue weighted by molar-refractivity contribution is 7.85. The Bertz CT molecular complexity index is 2180. The highest BCUT2D eigenvalue weighted by Crippen LogP contribution is 2.41. The maximum Gasteiger partial charge on any atom is 0.261 e. The van der Waals surface area contributed by atoms with Crippen LogP contribution in [0, 0.1) is 11.6 Å². The first-order chi connectivity index (χ1) is 21.6. The average Bonchev–Trinajstić information content (AvgIpc) is 3.42. The van der Waals surface area contributed by atoms with E-state index in [2.05, 4.69) is 10.3 Å². The molecule has 0 aliphatic heterocycles. The van der Waals surface area contributed by atoms with Crippen LogP contribution in [-0.2, 0) is 11.0 Å². The van der Waals surface area contributed by atoms with Crippen molar-refractivity contribution in [1.29, 1.82) is 0 Å². The lowest BCUT2D eigenvalue weighted by molar-refractivity contribution is 0.0964. The molecule has 6 aromatic rings.